The van der Waals surface area contributed by atoms with E-state index < -0.39 is 11.4 Å². The summed E-state index contributed by atoms with van der Waals surface area (Å²) in [4.78, 5) is 11.3. The number of benzene rings is 1. The maximum absolute atomic E-state index is 11.3. The van der Waals surface area contributed by atoms with Crippen molar-refractivity contribution >= 4 is 32.8 Å². The predicted octanol–water partition coefficient (Wildman–Crippen LogP) is 3.30. The van der Waals surface area contributed by atoms with Gasteiger partial charge < -0.3 is 9.67 Å². The highest BCUT2D eigenvalue weighted by Gasteiger charge is 2.32. The van der Waals surface area contributed by atoms with Gasteiger partial charge in [0.15, 0.2) is 0 Å². The standard InChI is InChI=1S/C13H14BrNO2/c1-13(2,12(16)17)11-7-8-6-9(14)4-5-10(8)15(11)3/h4-7H,1-3H3,(H,16,17). The highest BCUT2D eigenvalue weighted by molar-refractivity contribution is 9.10. The number of aryl methyl sites for hydroxylation is 1. The zero-order chi connectivity index (χ0) is 12.8. The molecular formula is C13H14BrNO2. The molecule has 0 radical (unpaired) electrons. The van der Waals surface area contributed by atoms with E-state index in [9.17, 15) is 9.90 Å². The summed E-state index contributed by atoms with van der Waals surface area (Å²) in [6.07, 6.45) is 0. The van der Waals surface area contributed by atoms with Crippen molar-refractivity contribution in [2.24, 2.45) is 7.05 Å². The SMILES string of the molecule is Cn1c(C(C)(C)C(=O)O)cc2cc(Br)ccc21. The summed E-state index contributed by atoms with van der Waals surface area (Å²) >= 11 is 3.42. The van der Waals surface area contributed by atoms with Crippen LogP contribution in [0, 0.1) is 0 Å². The first-order chi connectivity index (χ1) is 7.84. The number of carboxylic acids is 1. The maximum atomic E-state index is 11.3. The van der Waals surface area contributed by atoms with Gasteiger partial charge in [-0.05, 0) is 38.1 Å². The largest absolute Gasteiger partial charge is 0.481 e. The summed E-state index contributed by atoms with van der Waals surface area (Å²) in [7, 11) is 1.90. The van der Waals surface area contributed by atoms with Gasteiger partial charge in [-0.3, -0.25) is 4.79 Å². The highest BCUT2D eigenvalue weighted by atomic mass is 79.9. The molecule has 1 heterocycles. The van der Waals surface area contributed by atoms with Crippen LogP contribution >= 0.6 is 15.9 Å². The second-order valence-corrected chi connectivity index (χ2v) is 5.64. The molecule has 0 amide bonds. The fourth-order valence-electron chi connectivity index (χ4n) is 2.03. The van der Waals surface area contributed by atoms with E-state index in [1.165, 1.54) is 0 Å². The molecule has 2 aromatic rings. The maximum Gasteiger partial charge on any atom is 0.315 e. The minimum Gasteiger partial charge on any atom is -0.481 e. The molecule has 0 aliphatic carbocycles. The zero-order valence-corrected chi connectivity index (χ0v) is 11.6. The lowest BCUT2D eigenvalue weighted by Crippen LogP contribution is -2.30. The van der Waals surface area contributed by atoms with Gasteiger partial charge in [-0.25, -0.2) is 0 Å². The minimum atomic E-state index is -0.889. The number of fused-ring (bicyclic) bond motifs is 1. The summed E-state index contributed by atoms with van der Waals surface area (Å²) in [5.74, 6) is -0.817. The van der Waals surface area contributed by atoms with E-state index in [-0.39, 0.29) is 0 Å². The van der Waals surface area contributed by atoms with Crippen LogP contribution in [0.2, 0.25) is 0 Å². The first kappa shape index (κ1) is 12.2. The Morgan fingerprint density at radius 3 is 2.59 bits per heavy atom. The van der Waals surface area contributed by atoms with Gasteiger partial charge in [-0.15, -0.1) is 0 Å². The lowest BCUT2D eigenvalue weighted by atomic mass is 9.89. The number of aromatic nitrogens is 1. The fraction of sp³-hybridized carbons (Fsp3) is 0.308. The number of carbonyl (C=O) groups is 1. The van der Waals surface area contributed by atoms with Gasteiger partial charge in [0.25, 0.3) is 0 Å². The number of aliphatic carboxylic acids is 1. The first-order valence-electron chi connectivity index (χ1n) is 5.33. The summed E-state index contributed by atoms with van der Waals surface area (Å²) in [5.41, 5.74) is 0.955. The topological polar surface area (TPSA) is 42.2 Å². The molecule has 1 aromatic heterocycles. The molecule has 1 aromatic carbocycles. The average Bonchev–Trinajstić information content (AvgIpc) is 2.55. The van der Waals surface area contributed by atoms with Gasteiger partial charge in [-0.1, -0.05) is 15.9 Å². The Balaban J connectivity index is 2.72. The van der Waals surface area contributed by atoms with Gasteiger partial charge >= 0.3 is 5.97 Å². The Kier molecular flexibility index (Phi) is 2.78. The monoisotopic (exact) mass is 295 g/mol. The molecule has 90 valence electrons. The van der Waals surface area contributed by atoms with Crippen molar-refractivity contribution < 1.29 is 9.90 Å². The van der Waals surface area contributed by atoms with Crippen molar-refractivity contribution in [2.45, 2.75) is 19.3 Å². The quantitative estimate of drug-likeness (QED) is 0.924. The van der Waals surface area contributed by atoms with Gasteiger partial charge in [0.05, 0.1) is 0 Å². The van der Waals surface area contributed by atoms with Crippen LogP contribution < -0.4 is 0 Å². The molecule has 4 heteroatoms. The normalized spacial score (nSPS) is 12.0. The van der Waals surface area contributed by atoms with E-state index in [0.29, 0.717) is 0 Å². The number of hydrogen-bond donors (Lipinski definition) is 1. The van der Waals surface area contributed by atoms with E-state index in [2.05, 4.69) is 15.9 Å². The predicted molar refractivity (Wildman–Crippen MR) is 71.3 cm³/mol. The lowest BCUT2D eigenvalue weighted by molar-refractivity contribution is -0.142. The number of hydrogen-bond acceptors (Lipinski definition) is 1. The van der Waals surface area contributed by atoms with Crippen LogP contribution in [0.3, 0.4) is 0 Å². The Morgan fingerprint density at radius 1 is 1.35 bits per heavy atom. The molecule has 0 saturated heterocycles. The molecule has 17 heavy (non-hydrogen) atoms. The summed E-state index contributed by atoms with van der Waals surface area (Å²) in [5, 5.41) is 10.3. The fourth-order valence-corrected chi connectivity index (χ4v) is 2.41. The van der Waals surface area contributed by atoms with Crippen molar-refractivity contribution in [2.75, 3.05) is 0 Å². The second kappa shape index (κ2) is 3.88. The van der Waals surface area contributed by atoms with Crippen LogP contribution in [0.25, 0.3) is 10.9 Å². The van der Waals surface area contributed by atoms with Crippen LogP contribution in [0.4, 0.5) is 0 Å². The van der Waals surface area contributed by atoms with Crippen LogP contribution in [0.1, 0.15) is 19.5 Å². The van der Waals surface area contributed by atoms with Gasteiger partial charge in [-0.2, -0.15) is 0 Å². The van der Waals surface area contributed by atoms with Gasteiger partial charge in [0, 0.05) is 28.1 Å². The van der Waals surface area contributed by atoms with Crippen LogP contribution in [0.15, 0.2) is 28.7 Å². The van der Waals surface area contributed by atoms with Crippen LogP contribution in [-0.2, 0) is 17.3 Å². The minimum absolute atomic E-state index is 0.804. The average molecular weight is 296 g/mol. The summed E-state index contributed by atoms with van der Waals surface area (Å²) in [6, 6.07) is 7.88. The molecule has 1 N–H and O–H groups in total. The third-order valence-corrected chi connectivity index (χ3v) is 3.67. The van der Waals surface area contributed by atoms with Crippen LogP contribution in [0.5, 0.6) is 0 Å². The molecule has 2 rings (SSSR count). The van der Waals surface area contributed by atoms with E-state index >= 15 is 0 Å². The van der Waals surface area contributed by atoms with E-state index in [4.69, 9.17) is 0 Å². The van der Waals surface area contributed by atoms with E-state index in [1.54, 1.807) is 13.8 Å². The van der Waals surface area contributed by atoms with Gasteiger partial charge in [0.2, 0.25) is 0 Å². The van der Waals surface area contributed by atoms with E-state index in [1.807, 2.05) is 35.9 Å². The third-order valence-electron chi connectivity index (χ3n) is 3.18. The van der Waals surface area contributed by atoms with Gasteiger partial charge in [0.1, 0.15) is 5.41 Å². The van der Waals surface area contributed by atoms with Crippen molar-refractivity contribution in [3.05, 3.63) is 34.4 Å². The second-order valence-electron chi connectivity index (χ2n) is 4.72. The molecule has 0 saturated carbocycles. The molecular weight excluding hydrogens is 282 g/mol. The summed E-state index contributed by atoms with van der Waals surface area (Å²) < 4.78 is 2.94. The molecule has 0 aliphatic rings. The van der Waals surface area contributed by atoms with Crippen molar-refractivity contribution in [3.8, 4) is 0 Å². The number of halogens is 1. The van der Waals surface area contributed by atoms with Crippen LogP contribution in [-0.4, -0.2) is 15.6 Å². The van der Waals surface area contributed by atoms with Crippen molar-refractivity contribution in [3.63, 3.8) is 0 Å². The lowest BCUT2D eigenvalue weighted by Gasteiger charge is -2.20. The number of carboxylic acid groups (broad SMARTS) is 1. The third kappa shape index (κ3) is 1.86. The summed E-state index contributed by atoms with van der Waals surface area (Å²) in [6.45, 7) is 3.44. The first-order valence-corrected chi connectivity index (χ1v) is 6.12. The Labute approximate surface area is 108 Å². The highest BCUT2D eigenvalue weighted by Crippen LogP contribution is 2.30. The number of rotatable bonds is 2. The van der Waals surface area contributed by atoms with Crippen molar-refractivity contribution in [1.82, 2.24) is 4.57 Å². The molecule has 0 aliphatic heterocycles. The molecule has 0 fully saturated rings. The molecule has 0 unspecified atom stereocenters. The smallest absolute Gasteiger partial charge is 0.315 e. The zero-order valence-electron chi connectivity index (χ0n) is 9.99. The number of nitrogens with zero attached hydrogens (tertiary/aromatic N) is 1. The Bertz CT molecular complexity index is 599. The molecule has 3 nitrogen and oxygen atoms in total. The molecule has 0 atom stereocenters. The molecule has 0 spiro atoms. The molecule has 0 bridgehead atoms. The van der Waals surface area contributed by atoms with E-state index in [0.717, 1.165) is 21.1 Å². The Hall–Kier alpha value is -1.29. The van der Waals surface area contributed by atoms with Crippen molar-refractivity contribution in [1.29, 1.82) is 0 Å². The Morgan fingerprint density at radius 2 is 2.00 bits per heavy atom.